The van der Waals surface area contributed by atoms with E-state index < -0.39 is 0 Å². The number of hydrogen-bond donors (Lipinski definition) is 0. The standard InChI is InChI=1S/C25H32N6/c1-20-8-9-22(26-14-20)16-30-12-10-25(11-13-30)18-31(15-21-6-4-3-5-7-21)17-23(25)24-28-27-19-29(24)2/h3-9,14,19,23H,10-13,15-18H2,1-2H3. The van der Waals surface area contributed by atoms with Gasteiger partial charge in [0.2, 0.25) is 0 Å². The molecule has 5 rings (SSSR count). The first kappa shape index (κ1) is 20.3. The number of piperidine rings is 1. The van der Waals surface area contributed by atoms with Gasteiger partial charge in [-0.1, -0.05) is 36.4 Å². The van der Waals surface area contributed by atoms with Crippen LogP contribution in [0.15, 0.2) is 55.0 Å². The van der Waals surface area contributed by atoms with Crippen LogP contribution in [0.25, 0.3) is 0 Å². The van der Waals surface area contributed by atoms with E-state index in [0.29, 0.717) is 5.92 Å². The number of aromatic nitrogens is 4. The number of hydrogen-bond acceptors (Lipinski definition) is 5. The van der Waals surface area contributed by atoms with Crippen LogP contribution in [0, 0.1) is 12.3 Å². The van der Waals surface area contributed by atoms with Gasteiger partial charge in [0, 0.05) is 45.3 Å². The van der Waals surface area contributed by atoms with Crippen molar-refractivity contribution in [2.45, 2.75) is 38.8 Å². The summed E-state index contributed by atoms with van der Waals surface area (Å²) in [7, 11) is 2.08. The van der Waals surface area contributed by atoms with Crippen molar-refractivity contribution in [3.05, 3.63) is 77.6 Å². The van der Waals surface area contributed by atoms with E-state index in [-0.39, 0.29) is 5.41 Å². The van der Waals surface area contributed by atoms with Crippen molar-refractivity contribution >= 4 is 0 Å². The summed E-state index contributed by atoms with van der Waals surface area (Å²) < 4.78 is 2.13. The van der Waals surface area contributed by atoms with E-state index in [1.807, 2.05) is 12.5 Å². The second-order valence-corrected chi connectivity index (χ2v) is 9.47. The Kier molecular flexibility index (Phi) is 5.59. The minimum atomic E-state index is 0.271. The number of benzene rings is 1. The quantitative estimate of drug-likeness (QED) is 0.638. The van der Waals surface area contributed by atoms with Gasteiger partial charge in [-0.2, -0.15) is 0 Å². The van der Waals surface area contributed by atoms with E-state index in [1.54, 1.807) is 0 Å². The van der Waals surface area contributed by atoms with Gasteiger partial charge in [-0.25, -0.2) is 0 Å². The van der Waals surface area contributed by atoms with Gasteiger partial charge in [-0.15, -0.1) is 10.2 Å². The molecule has 0 N–H and O–H groups in total. The lowest BCUT2D eigenvalue weighted by molar-refractivity contribution is 0.0881. The summed E-state index contributed by atoms with van der Waals surface area (Å²) in [6.07, 6.45) is 6.22. The Morgan fingerprint density at radius 3 is 2.48 bits per heavy atom. The Morgan fingerprint density at radius 2 is 1.81 bits per heavy atom. The van der Waals surface area contributed by atoms with Gasteiger partial charge >= 0.3 is 0 Å². The number of nitrogens with zero attached hydrogens (tertiary/aromatic N) is 6. The fourth-order valence-electron chi connectivity index (χ4n) is 5.48. The second-order valence-electron chi connectivity index (χ2n) is 9.47. The van der Waals surface area contributed by atoms with E-state index in [2.05, 4.69) is 86.0 Å². The topological polar surface area (TPSA) is 50.1 Å². The predicted octanol–water partition coefficient (Wildman–Crippen LogP) is 3.40. The van der Waals surface area contributed by atoms with Crippen LogP contribution in [-0.4, -0.2) is 55.7 Å². The van der Waals surface area contributed by atoms with Crippen molar-refractivity contribution in [1.82, 2.24) is 29.5 Å². The van der Waals surface area contributed by atoms with Crippen LogP contribution < -0.4 is 0 Å². The monoisotopic (exact) mass is 416 g/mol. The molecule has 0 bridgehead atoms. The molecule has 2 aliphatic heterocycles. The zero-order chi connectivity index (χ0) is 21.3. The lowest BCUT2D eigenvalue weighted by Gasteiger charge is -2.42. The molecule has 1 aromatic carbocycles. The third-order valence-corrected chi connectivity index (χ3v) is 7.24. The molecule has 0 aliphatic carbocycles. The van der Waals surface area contributed by atoms with Crippen molar-refractivity contribution in [1.29, 1.82) is 0 Å². The smallest absolute Gasteiger partial charge is 0.137 e. The van der Waals surface area contributed by atoms with Crippen LogP contribution in [0.3, 0.4) is 0 Å². The molecule has 0 amide bonds. The van der Waals surface area contributed by atoms with E-state index in [4.69, 9.17) is 0 Å². The zero-order valence-corrected chi connectivity index (χ0v) is 18.6. The fourth-order valence-corrected chi connectivity index (χ4v) is 5.48. The summed E-state index contributed by atoms with van der Waals surface area (Å²) in [6, 6.07) is 15.2. The molecule has 1 unspecified atom stereocenters. The summed E-state index contributed by atoms with van der Waals surface area (Å²) in [6.45, 7) is 8.46. The molecular formula is C25H32N6. The first-order chi connectivity index (χ1) is 15.1. The molecule has 2 fully saturated rings. The SMILES string of the molecule is Cc1ccc(CN2CCC3(CC2)CN(Cc2ccccc2)CC3c2nncn2C)nc1. The molecule has 4 heterocycles. The molecule has 1 atom stereocenters. The normalized spacial score (nSPS) is 21.7. The van der Waals surface area contributed by atoms with E-state index in [1.165, 1.54) is 29.7 Å². The Balaban J connectivity index is 1.31. The van der Waals surface area contributed by atoms with Gasteiger partial charge in [0.1, 0.15) is 12.2 Å². The van der Waals surface area contributed by atoms with Crippen LogP contribution in [0.1, 0.15) is 41.4 Å². The van der Waals surface area contributed by atoms with Crippen molar-refractivity contribution < 1.29 is 0 Å². The summed E-state index contributed by atoms with van der Waals surface area (Å²) >= 11 is 0. The van der Waals surface area contributed by atoms with Crippen LogP contribution in [-0.2, 0) is 20.1 Å². The largest absolute Gasteiger partial charge is 0.320 e. The van der Waals surface area contributed by atoms with Crippen molar-refractivity contribution in [2.24, 2.45) is 12.5 Å². The Morgan fingerprint density at radius 1 is 1.00 bits per heavy atom. The Labute approximate surface area is 184 Å². The van der Waals surface area contributed by atoms with Crippen LogP contribution in [0.5, 0.6) is 0 Å². The molecule has 6 nitrogen and oxygen atoms in total. The minimum Gasteiger partial charge on any atom is -0.320 e. The summed E-state index contributed by atoms with van der Waals surface area (Å²) in [4.78, 5) is 9.81. The highest BCUT2D eigenvalue weighted by Gasteiger charge is 2.50. The van der Waals surface area contributed by atoms with Gasteiger partial charge in [-0.3, -0.25) is 14.8 Å². The highest BCUT2D eigenvalue weighted by Crippen LogP contribution is 2.49. The van der Waals surface area contributed by atoms with Gasteiger partial charge in [0.15, 0.2) is 0 Å². The molecule has 31 heavy (non-hydrogen) atoms. The van der Waals surface area contributed by atoms with E-state index in [9.17, 15) is 0 Å². The van der Waals surface area contributed by atoms with Crippen molar-refractivity contribution in [2.75, 3.05) is 26.2 Å². The maximum Gasteiger partial charge on any atom is 0.137 e. The first-order valence-corrected chi connectivity index (χ1v) is 11.4. The fraction of sp³-hybridized carbons (Fsp3) is 0.480. The van der Waals surface area contributed by atoms with Crippen molar-refractivity contribution in [3.63, 3.8) is 0 Å². The third-order valence-electron chi connectivity index (χ3n) is 7.24. The molecule has 1 spiro atoms. The average molecular weight is 417 g/mol. The maximum absolute atomic E-state index is 4.62. The zero-order valence-electron chi connectivity index (χ0n) is 18.6. The number of aryl methyl sites for hydroxylation is 2. The predicted molar refractivity (Wildman–Crippen MR) is 121 cm³/mol. The van der Waals surface area contributed by atoms with Crippen LogP contribution in [0.2, 0.25) is 0 Å². The summed E-state index contributed by atoms with van der Waals surface area (Å²) in [5, 5.41) is 8.75. The van der Waals surface area contributed by atoms with Gasteiger partial charge in [0.25, 0.3) is 0 Å². The molecule has 3 aromatic rings. The molecule has 2 aliphatic rings. The lowest BCUT2D eigenvalue weighted by atomic mass is 9.70. The summed E-state index contributed by atoms with van der Waals surface area (Å²) in [5.41, 5.74) is 4.05. The van der Waals surface area contributed by atoms with Gasteiger partial charge < -0.3 is 4.57 Å². The van der Waals surface area contributed by atoms with E-state index in [0.717, 1.165) is 45.1 Å². The lowest BCUT2D eigenvalue weighted by Crippen LogP contribution is -2.43. The molecular weight excluding hydrogens is 384 g/mol. The molecule has 162 valence electrons. The molecule has 0 saturated carbocycles. The van der Waals surface area contributed by atoms with Crippen molar-refractivity contribution in [3.8, 4) is 0 Å². The number of pyridine rings is 1. The van der Waals surface area contributed by atoms with Crippen LogP contribution >= 0.6 is 0 Å². The average Bonchev–Trinajstić information content (AvgIpc) is 3.35. The van der Waals surface area contributed by atoms with Gasteiger partial charge in [-0.05, 0) is 55.5 Å². The summed E-state index contributed by atoms with van der Waals surface area (Å²) in [5.74, 6) is 1.58. The Hall–Kier alpha value is -2.57. The molecule has 2 saturated heterocycles. The highest BCUT2D eigenvalue weighted by molar-refractivity contribution is 5.18. The Bertz CT molecular complexity index is 988. The molecule has 0 radical (unpaired) electrons. The third kappa shape index (κ3) is 4.27. The second kappa shape index (κ2) is 8.52. The molecule has 6 heteroatoms. The minimum absolute atomic E-state index is 0.271. The van der Waals surface area contributed by atoms with Crippen LogP contribution in [0.4, 0.5) is 0 Å². The highest BCUT2D eigenvalue weighted by atomic mass is 15.3. The number of likely N-dealkylation sites (tertiary alicyclic amines) is 2. The first-order valence-electron chi connectivity index (χ1n) is 11.4. The molecule has 2 aromatic heterocycles. The maximum atomic E-state index is 4.62. The van der Waals surface area contributed by atoms with Gasteiger partial charge in [0.05, 0.1) is 5.69 Å². The van der Waals surface area contributed by atoms with E-state index >= 15 is 0 Å². The number of rotatable bonds is 5.